The van der Waals surface area contributed by atoms with Crippen molar-refractivity contribution in [2.75, 3.05) is 23.5 Å². The van der Waals surface area contributed by atoms with Crippen molar-refractivity contribution in [3.05, 3.63) is 81.8 Å². The van der Waals surface area contributed by atoms with Crippen molar-refractivity contribution in [2.45, 2.75) is 33.3 Å². The molecule has 1 aliphatic rings. The number of hydrogen-bond donors (Lipinski definition) is 2. The number of carbonyl (C=O) groups is 2. The number of ether oxygens (including phenoxy) is 2. The monoisotopic (exact) mass is 541 g/mol. The van der Waals surface area contributed by atoms with E-state index >= 15 is 0 Å². The van der Waals surface area contributed by atoms with Crippen LogP contribution in [0.15, 0.2) is 60.7 Å². The topological polar surface area (TPSA) is 79.9 Å². The summed E-state index contributed by atoms with van der Waals surface area (Å²) >= 11 is 12.4. The molecule has 3 aromatic rings. The van der Waals surface area contributed by atoms with Gasteiger partial charge in [-0.2, -0.15) is 0 Å². The summed E-state index contributed by atoms with van der Waals surface area (Å²) in [6.45, 7) is 4.95. The first kappa shape index (κ1) is 26.6. The van der Waals surface area contributed by atoms with E-state index in [1.54, 1.807) is 29.2 Å². The second-order valence-corrected chi connectivity index (χ2v) is 9.52. The average molecular weight is 542 g/mol. The predicted octanol–water partition coefficient (Wildman–Crippen LogP) is 6.03. The molecule has 4 rings (SSSR count). The van der Waals surface area contributed by atoms with Gasteiger partial charge in [0.05, 0.1) is 23.2 Å². The van der Waals surface area contributed by atoms with E-state index in [0.717, 1.165) is 17.7 Å². The molecule has 2 amide bonds. The van der Waals surface area contributed by atoms with Crippen molar-refractivity contribution in [2.24, 2.45) is 5.92 Å². The Morgan fingerprint density at radius 3 is 2.38 bits per heavy atom. The third-order valence-electron chi connectivity index (χ3n) is 6.09. The fourth-order valence-corrected chi connectivity index (χ4v) is 4.45. The summed E-state index contributed by atoms with van der Waals surface area (Å²) in [7, 11) is 0. The van der Waals surface area contributed by atoms with Crippen molar-refractivity contribution in [1.82, 2.24) is 5.43 Å². The highest BCUT2D eigenvalue weighted by molar-refractivity contribution is 6.32. The molecular formula is C28H29Cl2N3O4. The minimum Gasteiger partial charge on any atom is -0.490 e. The Balaban J connectivity index is 1.38. The van der Waals surface area contributed by atoms with E-state index in [1.165, 1.54) is 5.56 Å². The van der Waals surface area contributed by atoms with Crippen molar-refractivity contribution in [3.63, 3.8) is 0 Å². The van der Waals surface area contributed by atoms with Gasteiger partial charge >= 0.3 is 0 Å². The number of nitrogens with one attached hydrogen (secondary N) is 2. The normalized spacial score (nSPS) is 15.0. The number of amides is 2. The molecule has 9 heteroatoms. The molecule has 1 atom stereocenters. The van der Waals surface area contributed by atoms with Crippen LogP contribution in [-0.4, -0.2) is 25.0 Å². The van der Waals surface area contributed by atoms with Gasteiger partial charge in [0.15, 0.2) is 11.5 Å². The summed E-state index contributed by atoms with van der Waals surface area (Å²) in [5.41, 5.74) is 9.03. The van der Waals surface area contributed by atoms with Crippen LogP contribution in [0, 0.1) is 5.92 Å². The number of nitrogens with zero attached hydrogens (tertiary/aromatic N) is 1. The zero-order valence-corrected chi connectivity index (χ0v) is 22.2. The average Bonchev–Trinajstić information content (AvgIpc) is 3.29. The lowest BCUT2D eigenvalue weighted by atomic mass is 10.1. The summed E-state index contributed by atoms with van der Waals surface area (Å²) in [5.74, 6) is 0.0148. The quantitative estimate of drug-likeness (QED) is 0.306. The van der Waals surface area contributed by atoms with E-state index in [0.29, 0.717) is 40.4 Å². The third kappa shape index (κ3) is 6.67. The molecule has 1 aliphatic heterocycles. The second-order valence-electron chi connectivity index (χ2n) is 8.67. The van der Waals surface area contributed by atoms with Crippen LogP contribution in [-0.2, 0) is 22.6 Å². The molecule has 1 saturated heterocycles. The zero-order chi connectivity index (χ0) is 26.4. The lowest BCUT2D eigenvalue weighted by Gasteiger charge is -2.18. The van der Waals surface area contributed by atoms with E-state index < -0.39 is 5.92 Å². The highest BCUT2D eigenvalue weighted by Crippen LogP contribution is 2.39. The van der Waals surface area contributed by atoms with Crippen molar-refractivity contribution in [1.29, 1.82) is 0 Å². The van der Waals surface area contributed by atoms with Crippen LogP contribution in [0.2, 0.25) is 10.0 Å². The van der Waals surface area contributed by atoms with Gasteiger partial charge in [-0.3, -0.25) is 20.4 Å². The highest BCUT2D eigenvalue weighted by Gasteiger charge is 2.35. The van der Waals surface area contributed by atoms with Gasteiger partial charge in [-0.1, -0.05) is 54.4 Å². The van der Waals surface area contributed by atoms with Crippen LogP contribution < -0.4 is 25.2 Å². The first-order valence-electron chi connectivity index (χ1n) is 12.2. The number of hydrogen-bond acceptors (Lipinski definition) is 5. The van der Waals surface area contributed by atoms with Crippen molar-refractivity contribution in [3.8, 4) is 11.5 Å². The standard InChI is InChI=1S/C28H29Cl2N3O4/c1-3-18-7-11-23(12-8-18)33-16-20(13-26(33)34)28(35)32-31-22-14-24(30)27(25(15-22)36-4-2)37-17-19-5-9-21(29)10-6-19/h5-12,14-15,20,31H,3-4,13,16-17H2,1-2H3,(H,32,35)/t20-/m0/s1. The number of anilines is 2. The molecule has 3 aromatic carbocycles. The molecule has 37 heavy (non-hydrogen) atoms. The van der Waals surface area contributed by atoms with Crippen LogP contribution in [0.5, 0.6) is 11.5 Å². The van der Waals surface area contributed by atoms with E-state index in [-0.39, 0.29) is 24.8 Å². The third-order valence-corrected chi connectivity index (χ3v) is 6.62. The van der Waals surface area contributed by atoms with Crippen LogP contribution >= 0.6 is 23.2 Å². The SMILES string of the molecule is CCOc1cc(NNC(=O)[C@H]2CC(=O)N(c3ccc(CC)cc3)C2)cc(Cl)c1OCc1ccc(Cl)cc1. The largest absolute Gasteiger partial charge is 0.490 e. The molecule has 2 N–H and O–H groups in total. The van der Waals surface area contributed by atoms with Crippen LogP contribution in [0.3, 0.4) is 0 Å². The molecule has 0 bridgehead atoms. The van der Waals surface area contributed by atoms with Gasteiger partial charge in [0.2, 0.25) is 11.8 Å². The highest BCUT2D eigenvalue weighted by atomic mass is 35.5. The summed E-state index contributed by atoms with van der Waals surface area (Å²) < 4.78 is 11.7. The van der Waals surface area contributed by atoms with Crippen LogP contribution in [0.25, 0.3) is 0 Å². The summed E-state index contributed by atoms with van der Waals surface area (Å²) in [5, 5.41) is 0.976. The maximum absolute atomic E-state index is 12.8. The number of hydrazine groups is 1. The predicted molar refractivity (Wildman–Crippen MR) is 146 cm³/mol. The lowest BCUT2D eigenvalue weighted by molar-refractivity contribution is -0.125. The van der Waals surface area contributed by atoms with E-state index in [2.05, 4.69) is 17.8 Å². The molecule has 0 radical (unpaired) electrons. The molecule has 0 aromatic heterocycles. The van der Waals surface area contributed by atoms with Crippen LogP contribution in [0.4, 0.5) is 11.4 Å². The maximum Gasteiger partial charge on any atom is 0.243 e. The van der Waals surface area contributed by atoms with Gasteiger partial charge in [-0.15, -0.1) is 0 Å². The number of aryl methyl sites for hydroxylation is 1. The minimum atomic E-state index is -0.477. The summed E-state index contributed by atoms with van der Waals surface area (Å²) in [4.78, 5) is 27.1. The van der Waals surface area contributed by atoms with Gasteiger partial charge in [0.1, 0.15) is 6.61 Å². The maximum atomic E-state index is 12.8. The number of rotatable bonds is 10. The first-order valence-corrected chi connectivity index (χ1v) is 12.9. The molecule has 7 nitrogen and oxygen atoms in total. The van der Waals surface area contributed by atoms with Gasteiger partial charge in [-0.25, -0.2) is 0 Å². The molecular weight excluding hydrogens is 513 g/mol. The lowest BCUT2D eigenvalue weighted by Crippen LogP contribution is -2.36. The fourth-order valence-electron chi connectivity index (χ4n) is 4.06. The Bertz CT molecular complexity index is 1250. The summed E-state index contributed by atoms with van der Waals surface area (Å²) in [6, 6.07) is 18.5. The van der Waals surface area contributed by atoms with Gasteiger partial charge < -0.3 is 14.4 Å². The summed E-state index contributed by atoms with van der Waals surface area (Å²) in [6.07, 6.45) is 1.07. The Morgan fingerprint density at radius 1 is 1.00 bits per heavy atom. The van der Waals surface area contributed by atoms with Crippen LogP contribution in [0.1, 0.15) is 31.4 Å². The molecule has 194 valence electrons. The fraction of sp³-hybridized carbons (Fsp3) is 0.286. The van der Waals surface area contributed by atoms with Gasteiger partial charge in [0, 0.05) is 29.7 Å². The first-order chi connectivity index (χ1) is 17.9. The minimum absolute atomic E-state index is 0.0757. The smallest absolute Gasteiger partial charge is 0.243 e. The Hall–Kier alpha value is -3.42. The number of carbonyl (C=O) groups excluding carboxylic acids is 2. The molecule has 1 heterocycles. The van der Waals surface area contributed by atoms with Crippen molar-refractivity contribution >= 4 is 46.4 Å². The second kappa shape index (κ2) is 12.2. The molecule has 1 fully saturated rings. The van der Waals surface area contributed by atoms with Gasteiger partial charge in [-0.05, 0) is 54.8 Å². The Kier molecular flexibility index (Phi) is 8.79. The molecule has 0 spiro atoms. The van der Waals surface area contributed by atoms with E-state index in [4.69, 9.17) is 32.7 Å². The Labute approximate surface area is 226 Å². The van der Waals surface area contributed by atoms with E-state index in [1.807, 2.05) is 43.3 Å². The number of halogens is 2. The van der Waals surface area contributed by atoms with E-state index in [9.17, 15) is 9.59 Å². The molecule has 0 unspecified atom stereocenters. The molecule has 0 saturated carbocycles. The molecule has 0 aliphatic carbocycles. The zero-order valence-electron chi connectivity index (χ0n) is 20.7. The Morgan fingerprint density at radius 2 is 1.70 bits per heavy atom. The number of benzene rings is 3. The van der Waals surface area contributed by atoms with Crippen molar-refractivity contribution < 1.29 is 19.1 Å². The van der Waals surface area contributed by atoms with Gasteiger partial charge in [0.25, 0.3) is 0 Å².